The Bertz CT molecular complexity index is 1220. The number of ether oxygens (including phenoxy) is 1. The van der Waals surface area contributed by atoms with E-state index >= 15 is 0 Å². The van der Waals surface area contributed by atoms with Crippen LogP contribution in [0.4, 0.5) is 5.69 Å². The van der Waals surface area contributed by atoms with Crippen LogP contribution >= 0.6 is 11.6 Å². The maximum Gasteiger partial charge on any atom is 0.244 e. The number of rotatable bonds is 6. The number of aryl methyl sites for hydroxylation is 2. The van der Waals surface area contributed by atoms with Crippen molar-refractivity contribution in [1.29, 1.82) is 0 Å². The van der Waals surface area contributed by atoms with Gasteiger partial charge >= 0.3 is 0 Å². The number of carbonyl (C=O) groups excluding carboxylic acids is 1. The molecule has 3 aromatic carbocycles. The van der Waals surface area contributed by atoms with Crippen molar-refractivity contribution in [2.24, 2.45) is 0 Å². The molecular weight excluding hydrogens is 398 g/mol. The number of carbonyl (C=O) groups is 1. The lowest BCUT2D eigenvalue weighted by molar-refractivity contribution is -0.116. The van der Waals surface area contributed by atoms with E-state index in [4.69, 9.17) is 16.3 Å². The third kappa shape index (κ3) is 4.47. The Balaban J connectivity index is 1.56. The predicted molar refractivity (Wildman–Crippen MR) is 120 cm³/mol. The van der Waals surface area contributed by atoms with Crippen LogP contribution in [0.25, 0.3) is 11.0 Å². The minimum absolute atomic E-state index is 0.118. The highest BCUT2D eigenvalue weighted by atomic mass is 35.5. The summed E-state index contributed by atoms with van der Waals surface area (Å²) < 4.78 is 7.83. The van der Waals surface area contributed by atoms with Gasteiger partial charge in [0.15, 0.2) is 0 Å². The number of amides is 1. The van der Waals surface area contributed by atoms with E-state index < -0.39 is 0 Å². The minimum atomic E-state index is -0.118. The summed E-state index contributed by atoms with van der Waals surface area (Å²) >= 11 is 6.09. The normalized spacial score (nSPS) is 10.9. The second-order valence-corrected chi connectivity index (χ2v) is 7.63. The van der Waals surface area contributed by atoms with E-state index in [-0.39, 0.29) is 19.1 Å². The molecule has 0 saturated heterocycles. The summed E-state index contributed by atoms with van der Waals surface area (Å²) in [5.41, 5.74) is 4.53. The molecule has 1 aromatic heterocycles. The lowest BCUT2D eigenvalue weighted by Crippen LogP contribution is -2.20. The lowest BCUT2D eigenvalue weighted by Gasteiger charge is -2.12. The first kappa shape index (κ1) is 20.0. The molecule has 0 unspecified atom stereocenters. The molecule has 6 heteroatoms. The number of para-hydroxylation sites is 2. The zero-order valence-corrected chi connectivity index (χ0v) is 17.6. The Labute approximate surface area is 180 Å². The average Bonchev–Trinajstić information content (AvgIpc) is 3.06. The molecule has 4 aromatic rings. The third-order valence-corrected chi connectivity index (χ3v) is 5.26. The Morgan fingerprint density at radius 2 is 1.90 bits per heavy atom. The summed E-state index contributed by atoms with van der Waals surface area (Å²) in [7, 11) is 0. The predicted octanol–water partition coefficient (Wildman–Crippen LogP) is 5.52. The summed E-state index contributed by atoms with van der Waals surface area (Å²) in [6.07, 6.45) is 0. The topological polar surface area (TPSA) is 56.2 Å². The van der Waals surface area contributed by atoms with Gasteiger partial charge in [-0.15, -0.1) is 0 Å². The largest absolute Gasteiger partial charge is 0.486 e. The molecule has 0 saturated carbocycles. The zero-order valence-electron chi connectivity index (χ0n) is 16.9. The highest BCUT2D eigenvalue weighted by Crippen LogP contribution is 2.23. The van der Waals surface area contributed by atoms with Crippen LogP contribution in [0.2, 0.25) is 5.02 Å². The number of imidazole rings is 1. The molecule has 4 rings (SSSR count). The van der Waals surface area contributed by atoms with Crippen LogP contribution in [0, 0.1) is 13.8 Å². The van der Waals surface area contributed by atoms with E-state index in [9.17, 15) is 4.79 Å². The molecule has 152 valence electrons. The molecule has 0 spiro atoms. The van der Waals surface area contributed by atoms with Gasteiger partial charge in [-0.3, -0.25) is 4.79 Å². The number of hydrogen-bond acceptors (Lipinski definition) is 3. The standard InChI is InChI=1S/C24H22ClN3O2/c1-16-6-5-7-18(12-16)26-24(29)14-28-22-9-4-3-8-21(22)27-23(28)15-30-19-10-11-20(25)17(2)13-19/h3-13H,14-15H2,1-2H3,(H,26,29). The van der Waals surface area contributed by atoms with Crippen LogP contribution in [0.15, 0.2) is 66.7 Å². The second-order valence-electron chi connectivity index (χ2n) is 7.22. The van der Waals surface area contributed by atoms with Gasteiger partial charge in [0.25, 0.3) is 0 Å². The molecule has 30 heavy (non-hydrogen) atoms. The fourth-order valence-corrected chi connectivity index (χ4v) is 3.45. The van der Waals surface area contributed by atoms with Crippen LogP contribution in [0.1, 0.15) is 17.0 Å². The molecule has 0 aliphatic heterocycles. The van der Waals surface area contributed by atoms with Gasteiger partial charge in [-0.1, -0.05) is 35.9 Å². The molecule has 1 N–H and O–H groups in total. The Hall–Kier alpha value is -3.31. The summed E-state index contributed by atoms with van der Waals surface area (Å²) in [6.45, 7) is 4.31. The van der Waals surface area contributed by atoms with Gasteiger partial charge in [0.05, 0.1) is 11.0 Å². The van der Waals surface area contributed by atoms with Crippen LogP contribution in [-0.2, 0) is 17.9 Å². The monoisotopic (exact) mass is 419 g/mol. The summed E-state index contributed by atoms with van der Waals surface area (Å²) in [5.74, 6) is 1.27. The Morgan fingerprint density at radius 1 is 1.07 bits per heavy atom. The average molecular weight is 420 g/mol. The van der Waals surface area contributed by atoms with E-state index in [0.29, 0.717) is 16.6 Å². The first-order valence-electron chi connectivity index (χ1n) is 9.69. The summed E-state index contributed by atoms with van der Waals surface area (Å²) in [5, 5.41) is 3.65. The van der Waals surface area contributed by atoms with Crippen LogP contribution in [0.5, 0.6) is 5.75 Å². The van der Waals surface area contributed by atoms with Crippen molar-refractivity contribution in [3.63, 3.8) is 0 Å². The molecule has 0 radical (unpaired) electrons. The number of benzene rings is 3. The molecule has 0 bridgehead atoms. The highest BCUT2D eigenvalue weighted by Gasteiger charge is 2.14. The zero-order chi connectivity index (χ0) is 21.1. The number of fused-ring (bicyclic) bond motifs is 1. The Kier molecular flexibility index (Phi) is 5.72. The van der Waals surface area contributed by atoms with Gasteiger partial charge in [0.2, 0.25) is 5.91 Å². The van der Waals surface area contributed by atoms with Gasteiger partial charge in [0.1, 0.15) is 24.7 Å². The summed E-state index contributed by atoms with van der Waals surface area (Å²) in [6, 6.07) is 21.0. The first-order valence-corrected chi connectivity index (χ1v) is 10.1. The van der Waals surface area contributed by atoms with Crippen LogP contribution in [0.3, 0.4) is 0 Å². The molecule has 1 heterocycles. The molecule has 0 atom stereocenters. The van der Waals surface area contributed by atoms with Crippen LogP contribution < -0.4 is 10.1 Å². The number of nitrogens with zero attached hydrogens (tertiary/aromatic N) is 2. The van der Waals surface area contributed by atoms with Crippen molar-refractivity contribution in [3.05, 3.63) is 88.7 Å². The molecule has 1 amide bonds. The maximum atomic E-state index is 12.7. The highest BCUT2D eigenvalue weighted by molar-refractivity contribution is 6.31. The minimum Gasteiger partial charge on any atom is -0.486 e. The third-order valence-electron chi connectivity index (χ3n) is 4.83. The lowest BCUT2D eigenvalue weighted by atomic mass is 10.2. The van der Waals surface area contributed by atoms with E-state index in [0.717, 1.165) is 27.8 Å². The van der Waals surface area contributed by atoms with Crippen molar-refractivity contribution in [2.45, 2.75) is 27.0 Å². The Morgan fingerprint density at radius 3 is 2.70 bits per heavy atom. The number of halogens is 1. The number of aromatic nitrogens is 2. The fraction of sp³-hybridized carbons (Fsp3) is 0.167. The van der Waals surface area contributed by atoms with Gasteiger partial charge < -0.3 is 14.6 Å². The molecule has 0 aliphatic carbocycles. The van der Waals surface area contributed by atoms with Gasteiger partial charge in [-0.25, -0.2) is 4.98 Å². The van der Waals surface area contributed by atoms with E-state index in [1.165, 1.54) is 0 Å². The van der Waals surface area contributed by atoms with Crippen molar-refractivity contribution in [3.8, 4) is 5.75 Å². The number of nitrogens with one attached hydrogen (secondary N) is 1. The number of anilines is 1. The smallest absolute Gasteiger partial charge is 0.244 e. The van der Waals surface area contributed by atoms with Gasteiger partial charge in [0, 0.05) is 10.7 Å². The van der Waals surface area contributed by atoms with E-state index in [1.54, 1.807) is 0 Å². The second kappa shape index (κ2) is 8.59. The van der Waals surface area contributed by atoms with E-state index in [2.05, 4.69) is 10.3 Å². The molecule has 5 nitrogen and oxygen atoms in total. The van der Waals surface area contributed by atoms with Gasteiger partial charge in [-0.2, -0.15) is 0 Å². The summed E-state index contributed by atoms with van der Waals surface area (Å²) in [4.78, 5) is 17.4. The fourth-order valence-electron chi connectivity index (χ4n) is 3.33. The van der Waals surface area contributed by atoms with Gasteiger partial charge in [-0.05, 0) is 67.4 Å². The van der Waals surface area contributed by atoms with Crippen molar-refractivity contribution in [2.75, 3.05) is 5.32 Å². The quantitative estimate of drug-likeness (QED) is 0.447. The molecule has 0 fully saturated rings. The molecular formula is C24H22ClN3O2. The van der Waals surface area contributed by atoms with Crippen molar-refractivity contribution in [1.82, 2.24) is 9.55 Å². The SMILES string of the molecule is Cc1cccc(NC(=O)Cn2c(COc3ccc(Cl)c(C)c3)nc3ccccc32)c1. The van der Waals surface area contributed by atoms with Crippen molar-refractivity contribution >= 4 is 34.2 Å². The maximum absolute atomic E-state index is 12.7. The first-order chi connectivity index (χ1) is 14.5. The van der Waals surface area contributed by atoms with Crippen LogP contribution in [-0.4, -0.2) is 15.5 Å². The number of hydrogen-bond donors (Lipinski definition) is 1. The van der Waals surface area contributed by atoms with Crippen molar-refractivity contribution < 1.29 is 9.53 Å². The van der Waals surface area contributed by atoms with E-state index in [1.807, 2.05) is 85.1 Å². The molecule has 0 aliphatic rings.